The van der Waals surface area contributed by atoms with Crippen LogP contribution in [0, 0.1) is 0 Å². The number of nitrogens with two attached hydrogens (primary N) is 1. The van der Waals surface area contributed by atoms with Crippen LogP contribution in [0.1, 0.15) is 15.9 Å². The number of carbonyl (C=O) groups is 1. The van der Waals surface area contributed by atoms with Crippen molar-refractivity contribution in [2.75, 3.05) is 17.6 Å². The van der Waals surface area contributed by atoms with E-state index in [0.717, 1.165) is 12.2 Å². The van der Waals surface area contributed by atoms with Crippen LogP contribution in [0.25, 0.3) is 0 Å². The number of benzene rings is 2. The topological polar surface area (TPSA) is 84.6 Å². The number of carboxylic acid groups (broad SMARTS) is 1. The van der Waals surface area contributed by atoms with Crippen LogP contribution < -0.4 is 15.8 Å². The Hall–Kier alpha value is -2.69. The lowest BCUT2D eigenvalue weighted by Crippen LogP contribution is -2.25. The maximum Gasteiger partial charge on any atom is 0.337 e. The molecule has 0 aliphatic carbocycles. The van der Waals surface area contributed by atoms with Crippen LogP contribution in [0.5, 0.6) is 5.75 Å². The maximum absolute atomic E-state index is 11.2. The number of fused-ring (bicyclic) bond motifs is 1. The van der Waals surface area contributed by atoms with E-state index in [9.17, 15) is 9.90 Å². The lowest BCUT2D eigenvalue weighted by Gasteiger charge is -2.16. The maximum atomic E-state index is 11.2. The molecule has 5 nitrogen and oxygen atoms in total. The Morgan fingerprint density at radius 3 is 2.86 bits per heavy atom. The molecule has 0 saturated carbocycles. The van der Waals surface area contributed by atoms with Crippen LogP contribution in [0.2, 0.25) is 0 Å². The van der Waals surface area contributed by atoms with Crippen LogP contribution in [0.15, 0.2) is 42.5 Å². The highest BCUT2D eigenvalue weighted by molar-refractivity contribution is 5.97. The number of hydrogen-bond donors (Lipinski definition) is 3. The Morgan fingerprint density at radius 1 is 1.29 bits per heavy atom. The van der Waals surface area contributed by atoms with Crippen LogP contribution in [0.3, 0.4) is 0 Å². The summed E-state index contributed by atoms with van der Waals surface area (Å²) in [4.78, 5) is 11.2. The van der Waals surface area contributed by atoms with E-state index in [1.54, 1.807) is 12.1 Å². The monoisotopic (exact) mass is 284 g/mol. The van der Waals surface area contributed by atoms with Crippen LogP contribution in [-0.2, 0) is 6.42 Å². The number of rotatable bonds is 4. The lowest BCUT2D eigenvalue weighted by atomic mass is 10.1. The third-order valence-electron chi connectivity index (χ3n) is 3.55. The SMILES string of the molecule is Nc1cccc(C(=O)O)c1NCC1Cc2ccccc2O1. The van der Waals surface area contributed by atoms with Gasteiger partial charge in [0.1, 0.15) is 11.9 Å². The molecule has 108 valence electrons. The molecular weight excluding hydrogens is 268 g/mol. The van der Waals surface area contributed by atoms with Gasteiger partial charge in [-0.3, -0.25) is 0 Å². The first-order chi connectivity index (χ1) is 10.1. The zero-order valence-corrected chi connectivity index (χ0v) is 11.4. The molecule has 0 spiro atoms. The number of hydrogen-bond acceptors (Lipinski definition) is 4. The molecule has 1 atom stereocenters. The number of nitrogen functional groups attached to an aromatic ring is 1. The third kappa shape index (κ3) is 2.63. The first-order valence-corrected chi connectivity index (χ1v) is 6.75. The number of aromatic carboxylic acids is 1. The van der Waals surface area contributed by atoms with Crippen LogP contribution in [0.4, 0.5) is 11.4 Å². The largest absolute Gasteiger partial charge is 0.488 e. The van der Waals surface area contributed by atoms with E-state index in [4.69, 9.17) is 10.5 Å². The molecule has 3 rings (SSSR count). The third-order valence-corrected chi connectivity index (χ3v) is 3.55. The summed E-state index contributed by atoms with van der Waals surface area (Å²) in [5.41, 5.74) is 8.07. The molecule has 0 amide bonds. The molecule has 2 aromatic rings. The molecular formula is C16H16N2O3. The van der Waals surface area contributed by atoms with E-state index in [1.807, 2.05) is 24.3 Å². The number of ether oxygens (including phenoxy) is 1. The second-order valence-electron chi connectivity index (χ2n) is 5.01. The first kappa shape index (κ1) is 13.3. The van der Waals surface area contributed by atoms with Gasteiger partial charge in [0, 0.05) is 6.42 Å². The van der Waals surface area contributed by atoms with Crippen molar-refractivity contribution < 1.29 is 14.6 Å². The Balaban J connectivity index is 1.71. The zero-order valence-electron chi connectivity index (χ0n) is 11.4. The second-order valence-corrected chi connectivity index (χ2v) is 5.01. The molecule has 5 heteroatoms. The summed E-state index contributed by atoms with van der Waals surface area (Å²) in [5, 5.41) is 12.3. The number of nitrogens with one attached hydrogen (secondary N) is 1. The van der Waals surface area contributed by atoms with E-state index >= 15 is 0 Å². The van der Waals surface area contributed by atoms with Gasteiger partial charge in [-0.1, -0.05) is 24.3 Å². The summed E-state index contributed by atoms with van der Waals surface area (Å²) < 4.78 is 5.82. The van der Waals surface area contributed by atoms with Gasteiger partial charge < -0.3 is 20.9 Å². The molecule has 0 aromatic heterocycles. The molecule has 2 aromatic carbocycles. The van der Waals surface area contributed by atoms with E-state index < -0.39 is 5.97 Å². The van der Waals surface area contributed by atoms with Gasteiger partial charge in [-0.05, 0) is 23.8 Å². The quantitative estimate of drug-likeness (QED) is 0.751. The fourth-order valence-electron chi connectivity index (χ4n) is 2.53. The molecule has 1 aliphatic rings. The van der Waals surface area contributed by atoms with Crippen molar-refractivity contribution >= 4 is 17.3 Å². The lowest BCUT2D eigenvalue weighted by molar-refractivity contribution is 0.0698. The molecule has 1 aliphatic heterocycles. The molecule has 1 heterocycles. The predicted octanol–water partition coefficient (Wildman–Crippen LogP) is 2.38. The molecule has 21 heavy (non-hydrogen) atoms. The van der Waals surface area contributed by atoms with Crippen molar-refractivity contribution in [3.63, 3.8) is 0 Å². The minimum absolute atomic E-state index is 0.0244. The minimum atomic E-state index is -1.000. The fourth-order valence-corrected chi connectivity index (χ4v) is 2.53. The first-order valence-electron chi connectivity index (χ1n) is 6.75. The molecule has 0 bridgehead atoms. The standard InChI is InChI=1S/C16H16N2O3/c17-13-6-3-5-12(16(19)20)15(13)18-9-11-8-10-4-1-2-7-14(10)21-11/h1-7,11,18H,8-9,17H2,(H,19,20). The highest BCUT2D eigenvalue weighted by Gasteiger charge is 2.23. The van der Waals surface area contributed by atoms with Crippen LogP contribution in [-0.4, -0.2) is 23.7 Å². The smallest absolute Gasteiger partial charge is 0.337 e. The molecule has 4 N–H and O–H groups in total. The van der Waals surface area contributed by atoms with Gasteiger partial charge in [0.2, 0.25) is 0 Å². The average molecular weight is 284 g/mol. The Kier molecular flexibility index (Phi) is 3.39. The second kappa shape index (κ2) is 5.36. The van der Waals surface area contributed by atoms with Gasteiger partial charge in [-0.15, -0.1) is 0 Å². The van der Waals surface area contributed by atoms with Crippen molar-refractivity contribution in [3.8, 4) is 5.75 Å². The van der Waals surface area contributed by atoms with Crippen molar-refractivity contribution in [2.24, 2.45) is 0 Å². The summed E-state index contributed by atoms with van der Waals surface area (Å²) >= 11 is 0. The van der Waals surface area contributed by atoms with E-state index in [1.165, 1.54) is 11.6 Å². The van der Waals surface area contributed by atoms with Gasteiger partial charge in [-0.25, -0.2) is 4.79 Å². The van der Waals surface area contributed by atoms with Crippen molar-refractivity contribution in [2.45, 2.75) is 12.5 Å². The number of para-hydroxylation sites is 2. The van der Waals surface area contributed by atoms with Gasteiger partial charge in [-0.2, -0.15) is 0 Å². The summed E-state index contributed by atoms with van der Waals surface area (Å²) in [6, 6.07) is 12.7. The van der Waals surface area contributed by atoms with E-state index in [0.29, 0.717) is 17.9 Å². The predicted molar refractivity (Wildman–Crippen MR) is 80.9 cm³/mol. The minimum Gasteiger partial charge on any atom is -0.488 e. The normalized spacial score (nSPS) is 16.1. The van der Waals surface area contributed by atoms with Gasteiger partial charge in [0.15, 0.2) is 0 Å². The molecule has 1 unspecified atom stereocenters. The Morgan fingerprint density at radius 2 is 2.10 bits per heavy atom. The Bertz CT molecular complexity index is 660. The van der Waals surface area contributed by atoms with E-state index in [2.05, 4.69) is 5.32 Å². The zero-order chi connectivity index (χ0) is 14.8. The average Bonchev–Trinajstić information content (AvgIpc) is 2.88. The highest BCUT2D eigenvalue weighted by atomic mass is 16.5. The number of anilines is 2. The molecule has 0 fully saturated rings. The van der Waals surface area contributed by atoms with Gasteiger partial charge in [0.25, 0.3) is 0 Å². The van der Waals surface area contributed by atoms with Crippen LogP contribution >= 0.6 is 0 Å². The van der Waals surface area contributed by atoms with Crippen molar-refractivity contribution in [1.82, 2.24) is 0 Å². The Labute approximate surface area is 122 Å². The molecule has 0 saturated heterocycles. The van der Waals surface area contributed by atoms with Crippen molar-refractivity contribution in [1.29, 1.82) is 0 Å². The van der Waals surface area contributed by atoms with E-state index in [-0.39, 0.29) is 11.7 Å². The fraction of sp³-hybridized carbons (Fsp3) is 0.188. The molecule has 0 radical (unpaired) electrons. The van der Waals surface area contributed by atoms with Gasteiger partial charge in [0.05, 0.1) is 23.5 Å². The summed E-state index contributed by atoms with van der Waals surface area (Å²) in [5.74, 6) is -0.107. The highest BCUT2D eigenvalue weighted by Crippen LogP contribution is 2.29. The summed E-state index contributed by atoms with van der Waals surface area (Å²) in [7, 11) is 0. The van der Waals surface area contributed by atoms with Gasteiger partial charge >= 0.3 is 5.97 Å². The summed E-state index contributed by atoms with van der Waals surface area (Å²) in [6.07, 6.45) is 0.779. The number of carboxylic acids is 1. The summed E-state index contributed by atoms with van der Waals surface area (Å²) in [6.45, 7) is 0.503. The van der Waals surface area contributed by atoms with Crippen molar-refractivity contribution in [3.05, 3.63) is 53.6 Å².